The number of hydrogen-bond donors (Lipinski definition) is 0. The highest BCUT2D eigenvalue weighted by Gasteiger charge is 2.05. The number of pyridine rings is 1. The van der Waals surface area contributed by atoms with E-state index in [9.17, 15) is 0 Å². The van der Waals surface area contributed by atoms with E-state index >= 15 is 0 Å². The van der Waals surface area contributed by atoms with Gasteiger partial charge in [-0.1, -0.05) is 77.3 Å². The molecule has 33 heavy (non-hydrogen) atoms. The molecule has 0 aliphatic rings. The first kappa shape index (κ1) is 25.4. The van der Waals surface area contributed by atoms with Crippen LogP contribution < -0.4 is 0 Å². The SMILES string of the molecule is CCCCCCCSc1ccc(-c2ccc(-c3ncc(CCCCCCC)cn3)cn2)cc1. The van der Waals surface area contributed by atoms with Crippen LogP contribution in [-0.4, -0.2) is 20.7 Å². The van der Waals surface area contributed by atoms with Gasteiger partial charge in [-0.2, -0.15) is 0 Å². The summed E-state index contributed by atoms with van der Waals surface area (Å²) < 4.78 is 0. The molecule has 3 nitrogen and oxygen atoms in total. The van der Waals surface area contributed by atoms with Gasteiger partial charge in [0, 0.05) is 34.6 Å². The van der Waals surface area contributed by atoms with Crippen LogP contribution >= 0.6 is 11.8 Å². The van der Waals surface area contributed by atoms with Crippen LogP contribution in [0.15, 0.2) is 59.9 Å². The van der Waals surface area contributed by atoms with E-state index in [-0.39, 0.29) is 0 Å². The molecule has 0 saturated heterocycles. The number of aromatic nitrogens is 3. The van der Waals surface area contributed by atoms with Crippen LogP contribution in [0.25, 0.3) is 22.6 Å². The van der Waals surface area contributed by atoms with Crippen LogP contribution in [0.1, 0.15) is 83.6 Å². The highest BCUT2D eigenvalue weighted by atomic mass is 32.2. The first-order chi connectivity index (χ1) is 16.3. The van der Waals surface area contributed by atoms with Crippen LogP contribution in [0, 0.1) is 0 Å². The molecule has 0 radical (unpaired) electrons. The second-order valence-corrected chi connectivity index (χ2v) is 9.97. The van der Waals surface area contributed by atoms with Gasteiger partial charge in [0.15, 0.2) is 5.82 Å². The molecule has 2 aromatic heterocycles. The molecule has 0 spiro atoms. The summed E-state index contributed by atoms with van der Waals surface area (Å²) >= 11 is 1.95. The molecule has 3 aromatic rings. The van der Waals surface area contributed by atoms with E-state index in [4.69, 9.17) is 0 Å². The molecule has 176 valence electrons. The Labute approximate surface area is 204 Å². The molecule has 0 unspecified atom stereocenters. The molecule has 0 saturated carbocycles. The highest BCUT2D eigenvalue weighted by molar-refractivity contribution is 7.99. The fourth-order valence-electron chi connectivity index (χ4n) is 3.88. The fourth-order valence-corrected chi connectivity index (χ4v) is 4.79. The first-order valence-corrected chi connectivity index (χ1v) is 13.8. The molecule has 0 fully saturated rings. The third-order valence-electron chi connectivity index (χ3n) is 5.96. The summed E-state index contributed by atoms with van der Waals surface area (Å²) in [6, 6.07) is 12.9. The smallest absolute Gasteiger partial charge is 0.160 e. The maximum absolute atomic E-state index is 4.67. The minimum absolute atomic E-state index is 0.745. The monoisotopic (exact) mass is 461 g/mol. The van der Waals surface area contributed by atoms with E-state index in [2.05, 4.69) is 65.2 Å². The Balaban J connectivity index is 1.48. The van der Waals surface area contributed by atoms with Crippen molar-refractivity contribution in [2.75, 3.05) is 5.75 Å². The second kappa shape index (κ2) is 14.8. The number of benzene rings is 1. The molecule has 4 heteroatoms. The molecule has 0 amide bonds. The Morgan fingerprint density at radius 3 is 1.88 bits per heavy atom. The summed E-state index contributed by atoms with van der Waals surface area (Å²) in [5.74, 6) is 1.95. The van der Waals surface area contributed by atoms with Crippen LogP contribution in [0.2, 0.25) is 0 Å². The lowest BCUT2D eigenvalue weighted by Gasteiger charge is -2.06. The van der Waals surface area contributed by atoms with Gasteiger partial charge in [0.1, 0.15) is 0 Å². The van der Waals surface area contributed by atoms with E-state index in [1.807, 2.05) is 30.4 Å². The first-order valence-electron chi connectivity index (χ1n) is 12.8. The quantitative estimate of drug-likeness (QED) is 0.167. The van der Waals surface area contributed by atoms with Gasteiger partial charge >= 0.3 is 0 Å². The Kier molecular flexibility index (Phi) is 11.4. The van der Waals surface area contributed by atoms with Crippen molar-refractivity contribution in [3.05, 3.63) is 60.6 Å². The summed E-state index contributed by atoms with van der Waals surface area (Å²) in [5.41, 5.74) is 4.31. The maximum atomic E-state index is 4.67. The zero-order chi connectivity index (χ0) is 23.1. The van der Waals surface area contributed by atoms with E-state index in [0.29, 0.717) is 0 Å². The number of aryl methyl sites for hydroxylation is 1. The molecule has 2 heterocycles. The largest absolute Gasteiger partial charge is 0.255 e. The number of unbranched alkanes of at least 4 members (excludes halogenated alkanes) is 8. The van der Waals surface area contributed by atoms with Crippen molar-refractivity contribution < 1.29 is 0 Å². The van der Waals surface area contributed by atoms with E-state index in [0.717, 1.165) is 29.1 Å². The van der Waals surface area contributed by atoms with Gasteiger partial charge in [0.05, 0.1) is 5.69 Å². The topological polar surface area (TPSA) is 38.7 Å². The summed E-state index contributed by atoms with van der Waals surface area (Å²) in [6.45, 7) is 4.52. The Bertz CT molecular complexity index is 905. The Morgan fingerprint density at radius 2 is 1.24 bits per heavy atom. The molecule has 0 aliphatic heterocycles. The normalized spacial score (nSPS) is 11.1. The molecular formula is C29H39N3S. The van der Waals surface area contributed by atoms with Crippen molar-refractivity contribution in [1.29, 1.82) is 0 Å². The minimum atomic E-state index is 0.745. The Hall–Kier alpha value is -2.20. The number of nitrogens with zero attached hydrogens (tertiary/aromatic N) is 3. The van der Waals surface area contributed by atoms with Crippen LogP contribution in [0.4, 0.5) is 0 Å². The van der Waals surface area contributed by atoms with Crippen molar-refractivity contribution in [3.63, 3.8) is 0 Å². The summed E-state index contributed by atoms with van der Waals surface area (Å²) in [4.78, 5) is 15.2. The lowest BCUT2D eigenvalue weighted by molar-refractivity contribution is 0.631. The van der Waals surface area contributed by atoms with Crippen molar-refractivity contribution in [1.82, 2.24) is 15.0 Å². The zero-order valence-corrected chi connectivity index (χ0v) is 21.2. The number of thioether (sulfide) groups is 1. The van der Waals surface area contributed by atoms with Gasteiger partial charge in [-0.25, -0.2) is 9.97 Å². The summed E-state index contributed by atoms with van der Waals surface area (Å²) in [5, 5.41) is 0. The highest BCUT2D eigenvalue weighted by Crippen LogP contribution is 2.25. The summed E-state index contributed by atoms with van der Waals surface area (Å²) in [7, 11) is 0. The van der Waals surface area contributed by atoms with Crippen molar-refractivity contribution in [2.45, 2.75) is 89.4 Å². The van der Waals surface area contributed by atoms with Gasteiger partial charge in [-0.3, -0.25) is 4.98 Å². The lowest BCUT2D eigenvalue weighted by atomic mass is 10.1. The fraction of sp³-hybridized carbons (Fsp3) is 0.483. The lowest BCUT2D eigenvalue weighted by Crippen LogP contribution is -1.94. The molecule has 0 N–H and O–H groups in total. The molecule has 0 aliphatic carbocycles. The van der Waals surface area contributed by atoms with Crippen LogP contribution in [0.3, 0.4) is 0 Å². The third kappa shape index (κ3) is 8.92. The van der Waals surface area contributed by atoms with Gasteiger partial charge in [-0.05, 0) is 54.8 Å². The predicted octanol–water partition coefficient (Wildman–Crippen LogP) is 8.78. The van der Waals surface area contributed by atoms with Crippen LogP contribution in [0.5, 0.6) is 0 Å². The van der Waals surface area contributed by atoms with Crippen molar-refractivity contribution >= 4 is 11.8 Å². The third-order valence-corrected chi connectivity index (χ3v) is 7.06. The Morgan fingerprint density at radius 1 is 0.606 bits per heavy atom. The molecular weight excluding hydrogens is 422 g/mol. The molecule has 1 aromatic carbocycles. The zero-order valence-electron chi connectivity index (χ0n) is 20.4. The van der Waals surface area contributed by atoms with Crippen molar-refractivity contribution in [3.8, 4) is 22.6 Å². The standard InChI is InChI=1S/C29H39N3S/c1-3-5-7-9-11-13-24-21-31-29(32-22-24)26-16-19-28(30-23-26)25-14-17-27(18-15-25)33-20-12-10-8-6-4-2/h14-19,21-23H,3-13,20H2,1-2H3. The van der Waals surface area contributed by atoms with Gasteiger partial charge < -0.3 is 0 Å². The number of rotatable bonds is 15. The van der Waals surface area contributed by atoms with E-state index in [1.54, 1.807) is 0 Å². The molecule has 0 bridgehead atoms. The van der Waals surface area contributed by atoms with E-state index < -0.39 is 0 Å². The molecule has 0 atom stereocenters. The van der Waals surface area contributed by atoms with Gasteiger partial charge in [0.2, 0.25) is 0 Å². The minimum Gasteiger partial charge on any atom is -0.255 e. The maximum Gasteiger partial charge on any atom is 0.160 e. The van der Waals surface area contributed by atoms with Gasteiger partial charge in [-0.15, -0.1) is 11.8 Å². The van der Waals surface area contributed by atoms with E-state index in [1.165, 1.54) is 80.4 Å². The number of hydrogen-bond acceptors (Lipinski definition) is 4. The van der Waals surface area contributed by atoms with Crippen molar-refractivity contribution in [2.24, 2.45) is 0 Å². The predicted molar refractivity (Wildman–Crippen MR) is 143 cm³/mol. The average Bonchev–Trinajstić information content (AvgIpc) is 2.87. The summed E-state index contributed by atoms with van der Waals surface area (Å²) in [6.07, 6.45) is 20.0. The second-order valence-electron chi connectivity index (χ2n) is 8.80. The molecule has 3 rings (SSSR count). The van der Waals surface area contributed by atoms with Gasteiger partial charge in [0.25, 0.3) is 0 Å². The average molecular weight is 462 g/mol. The van der Waals surface area contributed by atoms with Crippen LogP contribution in [-0.2, 0) is 6.42 Å².